The van der Waals surface area contributed by atoms with Crippen molar-refractivity contribution in [2.45, 2.75) is 214 Å². The Morgan fingerprint density at radius 3 is 1.07 bits per heavy atom. The smallest absolute Gasteiger partial charge is 0.241 e. The van der Waals surface area contributed by atoms with Gasteiger partial charge in [0, 0.05) is 46.7 Å². The van der Waals surface area contributed by atoms with Gasteiger partial charge in [-0.15, -0.1) is 20.4 Å². The summed E-state index contributed by atoms with van der Waals surface area (Å²) >= 11 is 0. The molecule has 0 spiro atoms. The van der Waals surface area contributed by atoms with Gasteiger partial charge in [-0.3, -0.25) is 28.8 Å². The van der Waals surface area contributed by atoms with Gasteiger partial charge in [-0.25, -0.2) is 18.7 Å². The lowest BCUT2D eigenvalue weighted by atomic mass is 9.88. The number of carbonyl (C=O) groups excluding carboxylic acids is 6. The topological polar surface area (TPSA) is 613 Å². The molecular weight excluding hydrogens is 1790 g/mol. The van der Waals surface area contributed by atoms with Crippen LogP contribution in [0.3, 0.4) is 0 Å². The molecule has 1 aromatic carbocycles. The minimum Gasteiger partial charge on any atom is -0.388 e. The number of benzene rings is 1. The number of hydrogen-bond donors (Lipinski definition) is 12. The van der Waals surface area contributed by atoms with Crippen LogP contribution in [0.4, 0.5) is 0 Å². The van der Waals surface area contributed by atoms with Gasteiger partial charge >= 0.3 is 0 Å². The first kappa shape index (κ1) is 107. The molecule has 6 aliphatic heterocycles. The molecule has 6 bridgehead atoms. The standard InChI is InChI=1S/C84H134N18O33/c1-58(103)87-69-72(109)75(112)82(55-130-78(69)133-82)52-124-39-36-121-33-30-118-27-24-115-21-18-99-42-61(91-95-99)46-127-49-81(90-67(107)15-7-5-10-16-85-66(106)14-6-4-11-17-86-68(108)45-102-65-13-9-8-12-64(65)94-98-102,50-128-47-62-43-100(96-92-62)19-22-116-25-28-119-31-34-122-37-40-125-53-83-56-131-79(134-83)70(88-59(2)104)73(110)76(83)113)51-129-48-63-44-101(97-93-63)20-23-117-26-29-120-32-35-123-38-41-126-54-84-57-132-80(135-84)71(89-60(3)105)74(111)77(84)114/h8-9,12-13,42-44,69-80,109-114H,4-7,10-11,14-41,45-57H2,1-3H3,(H,85,106)(H,86,108)(H,87,103)(H,88,104)(H,89,105)(H,90,107)/t69-,70-,71-,72-,73-,74-,75-,76-,77-,78-,79+,80+,82+,83+,84+/m1/s1. The zero-order valence-corrected chi connectivity index (χ0v) is 76.8. The van der Waals surface area contributed by atoms with E-state index in [2.05, 4.69) is 73.1 Å². The van der Waals surface area contributed by atoms with Crippen molar-refractivity contribution >= 4 is 46.5 Å². The highest BCUT2D eigenvalue weighted by atomic mass is 16.8. The van der Waals surface area contributed by atoms with E-state index in [1.807, 2.05) is 24.3 Å². The number of para-hydroxylation sites is 1. The van der Waals surface area contributed by atoms with E-state index in [0.29, 0.717) is 133 Å². The summed E-state index contributed by atoms with van der Waals surface area (Å²) in [7, 11) is 0. The molecule has 10 heterocycles. The van der Waals surface area contributed by atoms with Crippen LogP contribution in [0.25, 0.3) is 11.0 Å². The summed E-state index contributed by atoms with van der Waals surface area (Å²) in [5.74, 6) is -1.77. The monoisotopic (exact) mass is 1920 g/mol. The number of aliphatic hydroxyl groups is 6. The van der Waals surface area contributed by atoms with E-state index in [1.54, 1.807) is 37.3 Å². The Labute approximate surface area is 779 Å². The van der Waals surface area contributed by atoms with Crippen molar-refractivity contribution in [1.29, 1.82) is 0 Å². The zero-order valence-electron chi connectivity index (χ0n) is 76.8. The fraction of sp³-hybridized carbons (Fsp3) is 0.786. The summed E-state index contributed by atoms with van der Waals surface area (Å²) < 4.78 is 129. The highest BCUT2D eigenvalue weighted by molar-refractivity contribution is 5.80. The summed E-state index contributed by atoms with van der Waals surface area (Å²) in [6, 6.07) is 4.67. The lowest BCUT2D eigenvalue weighted by Crippen LogP contribution is -2.66. The van der Waals surface area contributed by atoms with Gasteiger partial charge in [-0.05, 0) is 37.8 Å². The maximum Gasteiger partial charge on any atom is 0.241 e. The molecular formula is C84H134N18O33. The second-order valence-corrected chi connectivity index (χ2v) is 33.5. The first-order chi connectivity index (χ1) is 65.5. The Morgan fingerprint density at radius 1 is 0.393 bits per heavy atom. The van der Waals surface area contributed by atoms with Crippen LogP contribution in [-0.2, 0) is 174 Å². The van der Waals surface area contributed by atoms with Crippen molar-refractivity contribution in [3.8, 4) is 0 Å². The van der Waals surface area contributed by atoms with E-state index < -0.39 is 114 Å². The molecule has 0 saturated carbocycles. The van der Waals surface area contributed by atoms with Crippen LogP contribution < -0.4 is 31.9 Å². The van der Waals surface area contributed by atoms with Gasteiger partial charge < -0.3 is 162 Å². The van der Waals surface area contributed by atoms with Crippen molar-refractivity contribution in [2.75, 3.05) is 211 Å². The predicted molar refractivity (Wildman–Crippen MR) is 460 cm³/mol. The Morgan fingerprint density at radius 2 is 0.719 bits per heavy atom. The summed E-state index contributed by atoms with van der Waals surface area (Å²) in [6.45, 7) is 10.6. The first-order valence-corrected chi connectivity index (χ1v) is 45.8. The maximum absolute atomic E-state index is 14.3. The molecule has 6 fully saturated rings. The van der Waals surface area contributed by atoms with E-state index in [1.165, 1.54) is 20.8 Å². The number of fused-ring (bicyclic) bond motifs is 7. The van der Waals surface area contributed by atoms with Crippen LogP contribution in [0.15, 0.2) is 42.9 Å². The highest BCUT2D eigenvalue weighted by Crippen LogP contribution is 2.40. The maximum atomic E-state index is 14.3. The lowest BCUT2D eigenvalue weighted by Gasteiger charge is -2.42. The van der Waals surface area contributed by atoms with Gasteiger partial charge in [-0.2, -0.15) is 0 Å². The Bertz CT molecular complexity index is 4010. The molecule has 0 radical (unpaired) electrons. The number of unbranched alkanes of at least 4 members (excludes halogenated alkanes) is 4. The SMILES string of the molecule is CC(=O)N[C@H]1[C@@H]2OC[C@](COCCOCCOCCOCCn3cc(COCC(COCc4cn(CCOCCOCCOCCOC[C@@]56CO[C@@H](O5)[C@H](NC(C)=O)[C@@H](O)[C@H]6O)nn4)(COCc4cn(CCOCCOCCOCCOC[C@@]56CO[C@@H](O5)[C@H](NC(C)=O)[C@@H](O)[C@H]6O)nn4)NC(=O)CCCCCNC(=O)CCCCCNC(=O)Cn4nnc5ccccc54)nn3)(O2)[C@H](O)[C@@H]1O. The first-order valence-electron chi connectivity index (χ1n) is 45.8. The molecule has 11 rings (SSSR count). The third kappa shape index (κ3) is 34.4. The molecule has 0 aliphatic carbocycles. The van der Waals surface area contributed by atoms with Gasteiger partial charge in [0.2, 0.25) is 35.4 Å². The molecule has 0 unspecified atom stereocenters. The molecule has 6 saturated heterocycles. The van der Waals surface area contributed by atoms with Crippen LogP contribution in [0.2, 0.25) is 0 Å². The average Bonchev–Trinajstić information content (AvgIpc) is 1.60. The molecule has 5 aromatic rings. The molecule has 135 heavy (non-hydrogen) atoms. The Hall–Kier alpha value is -8.22. The molecule has 12 N–H and O–H groups in total. The minimum atomic E-state index is -1.35. The van der Waals surface area contributed by atoms with Gasteiger partial charge in [0.05, 0.1) is 262 Å². The van der Waals surface area contributed by atoms with Gasteiger partial charge in [0.25, 0.3) is 0 Å². The number of nitrogens with one attached hydrogen (secondary N) is 6. The lowest BCUT2D eigenvalue weighted by molar-refractivity contribution is -0.238. The average molecular weight is 1920 g/mol. The van der Waals surface area contributed by atoms with Crippen molar-refractivity contribution in [1.82, 2.24) is 91.9 Å². The fourth-order valence-electron chi connectivity index (χ4n) is 15.5. The third-order valence-corrected chi connectivity index (χ3v) is 22.6. The van der Waals surface area contributed by atoms with E-state index in [0.717, 1.165) is 11.9 Å². The Kier molecular flexibility index (Phi) is 45.1. The molecule has 51 heteroatoms. The second-order valence-electron chi connectivity index (χ2n) is 33.5. The number of aliphatic hydroxyl groups excluding tert-OH is 6. The van der Waals surface area contributed by atoms with Crippen molar-refractivity contribution in [3.63, 3.8) is 0 Å². The molecule has 15 atom stereocenters. The van der Waals surface area contributed by atoms with Gasteiger partial charge in [0.1, 0.15) is 106 Å². The molecule has 758 valence electrons. The number of rotatable bonds is 72. The summed E-state index contributed by atoms with van der Waals surface area (Å²) in [6.07, 6.45) is -1.33. The molecule has 6 amide bonds. The van der Waals surface area contributed by atoms with Crippen LogP contribution in [0, 0.1) is 0 Å². The van der Waals surface area contributed by atoms with Gasteiger partial charge in [0.15, 0.2) is 18.9 Å². The number of nitrogens with zero attached hydrogens (tertiary/aromatic N) is 12. The highest BCUT2D eigenvalue weighted by Gasteiger charge is 2.62. The number of hydrogen-bond acceptors (Lipinski definition) is 41. The molecule has 6 aliphatic rings. The van der Waals surface area contributed by atoms with Crippen molar-refractivity contribution in [3.05, 3.63) is 59.9 Å². The third-order valence-electron chi connectivity index (χ3n) is 22.6. The van der Waals surface area contributed by atoms with Crippen LogP contribution in [0.1, 0.15) is 89.2 Å². The quantitative estimate of drug-likeness (QED) is 0.0161. The van der Waals surface area contributed by atoms with Crippen molar-refractivity contribution < 1.29 is 159 Å². The summed E-state index contributed by atoms with van der Waals surface area (Å²) in [4.78, 5) is 74.6. The Balaban J connectivity index is 0.611. The van der Waals surface area contributed by atoms with Crippen LogP contribution >= 0.6 is 0 Å². The zero-order chi connectivity index (χ0) is 95.5. The minimum absolute atomic E-state index is 0.0215. The molecule has 4 aromatic heterocycles. The number of ether oxygens (including phenoxy) is 21. The summed E-state index contributed by atoms with van der Waals surface area (Å²) in [5, 5.41) is 115. The van der Waals surface area contributed by atoms with E-state index in [9.17, 15) is 59.4 Å². The number of aromatic nitrogens is 12. The van der Waals surface area contributed by atoms with Crippen molar-refractivity contribution in [2.24, 2.45) is 0 Å². The van der Waals surface area contributed by atoms with E-state index in [-0.39, 0.29) is 209 Å². The normalized spacial score (nSPS) is 24.6. The van der Waals surface area contributed by atoms with Gasteiger partial charge in [-0.1, -0.05) is 45.8 Å². The fourth-order valence-corrected chi connectivity index (χ4v) is 15.5. The number of amides is 6. The van der Waals surface area contributed by atoms with Crippen LogP contribution in [0.5, 0.6) is 0 Å². The van der Waals surface area contributed by atoms with E-state index >= 15 is 0 Å². The van der Waals surface area contributed by atoms with Crippen LogP contribution in [-0.4, -0.2) is 433 Å². The second kappa shape index (κ2) is 56.7. The van der Waals surface area contributed by atoms with E-state index in [4.69, 9.17) is 99.5 Å². The molecule has 51 nitrogen and oxygen atoms in total. The summed E-state index contributed by atoms with van der Waals surface area (Å²) in [5.41, 5.74) is -2.26. The number of carbonyl (C=O) groups is 6. The predicted octanol–water partition coefficient (Wildman–Crippen LogP) is -5.68. The largest absolute Gasteiger partial charge is 0.388 e.